The minimum absolute atomic E-state index is 0.0506. The third kappa shape index (κ3) is 3.00. The summed E-state index contributed by atoms with van der Waals surface area (Å²) in [5.41, 5.74) is 4.62. The SMILES string of the molecule is CC(C)(C)c1ccc2c(c1)[C@H]1OCCO[C@H]1[C@@H](c1cccc(O)c1)N2. The molecule has 0 spiro atoms. The van der Waals surface area contributed by atoms with Crippen molar-refractivity contribution in [1.82, 2.24) is 0 Å². The van der Waals surface area contributed by atoms with Crippen LogP contribution in [0, 0.1) is 0 Å². The van der Waals surface area contributed by atoms with E-state index in [0.29, 0.717) is 13.2 Å². The number of benzene rings is 2. The third-order valence-electron chi connectivity index (χ3n) is 5.08. The molecule has 2 aliphatic rings. The van der Waals surface area contributed by atoms with Gasteiger partial charge in [-0.05, 0) is 34.7 Å². The number of rotatable bonds is 1. The Kier molecular flexibility index (Phi) is 3.97. The topological polar surface area (TPSA) is 50.7 Å². The van der Waals surface area contributed by atoms with Crippen LogP contribution in [0.4, 0.5) is 5.69 Å². The summed E-state index contributed by atoms with van der Waals surface area (Å²) < 4.78 is 12.2. The predicted octanol–water partition coefficient (Wildman–Crippen LogP) is 4.31. The monoisotopic (exact) mass is 339 g/mol. The van der Waals surface area contributed by atoms with Gasteiger partial charge in [-0.15, -0.1) is 0 Å². The van der Waals surface area contributed by atoms with E-state index < -0.39 is 0 Å². The van der Waals surface area contributed by atoms with Crippen LogP contribution in [-0.2, 0) is 14.9 Å². The third-order valence-corrected chi connectivity index (χ3v) is 5.08. The summed E-state index contributed by atoms with van der Waals surface area (Å²) in [4.78, 5) is 0. The Hall–Kier alpha value is -2.04. The molecule has 2 aromatic rings. The number of fused-ring (bicyclic) bond motifs is 3. The highest BCUT2D eigenvalue weighted by atomic mass is 16.6. The molecule has 1 saturated heterocycles. The number of hydrogen-bond donors (Lipinski definition) is 2. The lowest BCUT2D eigenvalue weighted by Crippen LogP contribution is -2.43. The number of phenolic OH excluding ortho intramolecular Hbond substituents is 1. The normalized spacial score (nSPS) is 25.6. The van der Waals surface area contributed by atoms with E-state index in [9.17, 15) is 5.11 Å². The van der Waals surface area contributed by atoms with Crippen LogP contribution < -0.4 is 5.32 Å². The molecule has 4 heteroatoms. The number of anilines is 1. The lowest BCUT2D eigenvalue weighted by Gasteiger charge is -2.43. The lowest BCUT2D eigenvalue weighted by atomic mass is 9.82. The average molecular weight is 339 g/mol. The number of nitrogens with one attached hydrogen (secondary N) is 1. The molecule has 3 atom stereocenters. The van der Waals surface area contributed by atoms with Crippen molar-refractivity contribution < 1.29 is 14.6 Å². The molecule has 2 N–H and O–H groups in total. The van der Waals surface area contributed by atoms with Gasteiger partial charge in [-0.2, -0.15) is 0 Å². The van der Waals surface area contributed by atoms with Crippen LogP contribution in [0.1, 0.15) is 49.6 Å². The maximum absolute atomic E-state index is 9.86. The molecule has 2 aromatic carbocycles. The fourth-order valence-corrected chi connectivity index (χ4v) is 3.72. The second-order valence-corrected chi connectivity index (χ2v) is 7.90. The summed E-state index contributed by atoms with van der Waals surface area (Å²) in [6.45, 7) is 7.85. The minimum Gasteiger partial charge on any atom is -0.508 e. The molecular weight excluding hydrogens is 314 g/mol. The molecule has 0 radical (unpaired) electrons. The zero-order valence-electron chi connectivity index (χ0n) is 15.0. The molecule has 2 heterocycles. The van der Waals surface area contributed by atoms with Crippen molar-refractivity contribution in [3.63, 3.8) is 0 Å². The van der Waals surface area contributed by atoms with Crippen molar-refractivity contribution in [2.45, 2.75) is 44.4 Å². The Bertz CT molecular complexity index is 781. The Morgan fingerprint density at radius 1 is 1.04 bits per heavy atom. The van der Waals surface area contributed by atoms with Gasteiger partial charge < -0.3 is 19.9 Å². The molecule has 0 saturated carbocycles. The van der Waals surface area contributed by atoms with E-state index >= 15 is 0 Å². The van der Waals surface area contributed by atoms with Crippen LogP contribution in [0.5, 0.6) is 5.75 Å². The Morgan fingerprint density at radius 3 is 2.60 bits per heavy atom. The highest BCUT2D eigenvalue weighted by molar-refractivity contribution is 5.59. The molecule has 132 valence electrons. The quantitative estimate of drug-likeness (QED) is 0.813. The van der Waals surface area contributed by atoms with Crippen molar-refractivity contribution in [2.75, 3.05) is 18.5 Å². The van der Waals surface area contributed by atoms with Crippen LogP contribution in [0.2, 0.25) is 0 Å². The molecule has 2 aliphatic heterocycles. The number of hydrogen-bond acceptors (Lipinski definition) is 4. The molecule has 0 bridgehead atoms. The van der Waals surface area contributed by atoms with Crippen LogP contribution in [0.15, 0.2) is 42.5 Å². The molecule has 0 amide bonds. The summed E-state index contributed by atoms with van der Waals surface area (Å²) in [5.74, 6) is 0.265. The summed E-state index contributed by atoms with van der Waals surface area (Å²) in [6.07, 6.45) is -0.210. The van der Waals surface area contributed by atoms with Crippen molar-refractivity contribution in [3.05, 3.63) is 59.2 Å². The molecular formula is C21H25NO3. The predicted molar refractivity (Wildman–Crippen MR) is 98.0 cm³/mol. The second kappa shape index (κ2) is 6.04. The van der Waals surface area contributed by atoms with Crippen molar-refractivity contribution in [3.8, 4) is 5.75 Å². The highest BCUT2D eigenvalue weighted by Crippen LogP contribution is 2.45. The molecule has 1 fully saturated rings. The van der Waals surface area contributed by atoms with Gasteiger partial charge in [-0.25, -0.2) is 0 Å². The number of aromatic hydroxyl groups is 1. The molecule has 4 nitrogen and oxygen atoms in total. The molecule has 4 rings (SSSR count). The van der Waals surface area contributed by atoms with E-state index in [1.807, 2.05) is 12.1 Å². The fraction of sp³-hybridized carbons (Fsp3) is 0.429. The standard InChI is InChI=1S/C21H25NO3/c1-21(2,3)14-7-8-17-16(12-14)19-20(25-10-9-24-19)18(22-17)13-5-4-6-15(23)11-13/h4-8,11-12,18-20,22-23H,9-10H2,1-3H3/t18-,19-,20+/m1/s1. The summed E-state index contributed by atoms with van der Waals surface area (Å²) in [5, 5.41) is 13.5. The Balaban J connectivity index is 1.78. The first-order valence-corrected chi connectivity index (χ1v) is 8.86. The van der Waals surface area contributed by atoms with Crippen LogP contribution >= 0.6 is 0 Å². The first-order valence-electron chi connectivity index (χ1n) is 8.86. The van der Waals surface area contributed by atoms with Gasteiger partial charge in [0.15, 0.2) is 0 Å². The largest absolute Gasteiger partial charge is 0.508 e. The molecule has 0 aromatic heterocycles. The van der Waals surface area contributed by atoms with E-state index in [0.717, 1.165) is 16.8 Å². The van der Waals surface area contributed by atoms with Gasteiger partial charge >= 0.3 is 0 Å². The van der Waals surface area contributed by atoms with Crippen molar-refractivity contribution in [2.24, 2.45) is 0 Å². The van der Waals surface area contributed by atoms with Gasteiger partial charge in [0.05, 0.1) is 19.3 Å². The number of phenols is 1. The highest BCUT2D eigenvalue weighted by Gasteiger charge is 2.41. The maximum Gasteiger partial charge on any atom is 0.115 e. The van der Waals surface area contributed by atoms with Gasteiger partial charge in [0, 0.05) is 11.3 Å². The van der Waals surface area contributed by atoms with E-state index in [-0.39, 0.29) is 29.4 Å². The number of ether oxygens (including phenoxy) is 2. The van der Waals surface area contributed by atoms with Crippen LogP contribution in [0.25, 0.3) is 0 Å². The molecule has 25 heavy (non-hydrogen) atoms. The van der Waals surface area contributed by atoms with Gasteiger partial charge in [0.2, 0.25) is 0 Å². The molecule has 0 unspecified atom stereocenters. The summed E-state index contributed by atoms with van der Waals surface area (Å²) >= 11 is 0. The van der Waals surface area contributed by atoms with E-state index in [4.69, 9.17) is 9.47 Å². The van der Waals surface area contributed by atoms with Gasteiger partial charge in [-0.1, -0.05) is 45.0 Å². The van der Waals surface area contributed by atoms with Crippen molar-refractivity contribution in [1.29, 1.82) is 0 Å². The first kappa shape index (κ1) is 16.4. The van der Waals surface area contributed by atoms with Gasteiger partial charge in [0.1, 0.15) is 18.0 Å². The van der Waals surface area contributed by atoms with E-state index in [1.165, 1.54) is 5.56 Å². The second-order valence-electron chi connectivity index (χ2n) is 7.90. The Labute approximate surface area is 148 Å². The van der Waals surface area contributed by atoms with Crippen LogP contribution in [-0.4, -0.2) is 24.4 Å². The lowest BCUT2D eigenvalue weighted by molar-refractivity contribution is -0.151. The zero-order chi connectivity index (χ0) is 17.6. The van der Waals surface area contributed by atoms with Gasteiger partial charge in [0.25, 0.3) is 0 Å². The zero-order valence-corrected chi connectivity index (χ0v) is 15.0. The van der Waals surface area contributed by atoms with Crippen molar-refractivity contribution >= 4 is 5.69 Å². The fourth-order valence-electron chi connectivity index (χ4n) is 3.72. The minimum atomic E-state index is -0.113. The summed E-state index contributed by atoms with van der Waals surface area (Å²) in [7, 11) is 0. The Morgan fingerprint density at radius 2 is 1.84 bits per heavy atom. The van der Waals surface area contributed by atoms with E-state index in [2.05, 4.69) is 44.3 Å². The first-order chi connectivity index (χ1) is 11.9. The molecule has 0 aliphatic carbocycles. The van der Waals surface area contributed by atoms with Gasteiger partial charge in [-0.3, -0.25) is 0 Å². The maximum atomic E-state index is 9.86. The average Bonchev–Trinajstić information content (AvgIpc) is 2.60. The van der Waals surface area contributed by atoms with Crippen LogP contribution in [0.3, 0.4) is 0 Å². The smallest absolute Gasteiger partial charge is 0.115 e. The summed E-state index contributed by atoms with van der Waals surface area (Å²) in [6, 6.07) is 13.9. The van der Waals surface area contributed by atoms with E-state index in [1.54, 1.807) is 12.1 Å².